The van der Waals surface area contributed by atoms with Crippen LogP contribution in [0.25, 0.3) is 0 Å². The number of piperazine rings is 1. The molecule has 1 aromatic rings. The Bertz CT molecular complexity index is 423. The molecule has 0 amide bonds. The van der Waals surface area contributed by atoms with Gasteiger partial charge in [0.2, 0.25) is 0 Å². The van der Waals surface area contributed by atoms with E-state index in [2.05, 4.69) is 34.7 Å². The normalized spacial score (nSPS) is 18.9. The molecule has 1 unspecified atom stereocenters. The average molecular weight is 263 g/mol. The van der Waals surface area contributed by atoms with Gasteiger partial charge in [0.1, 0.15) is 5.82 Å². The molecule has 0 radical (unpaired) electrons. The summed E-state index contributed by atoms with van der Waals surface area (Å²) in [6.07, 6.45) is 1.36. The third-order valence-electron chi connectivity index (χ3n) is 3.96. The predicted octanol–water partition coefficient (Wildman–Crippen LogP) is 1.97. The Balaban J connectivity index is 2.06. The number of aliphatic hydroxyl groups excluding tert-OH is 1. The first-order valence-corrected chi connectivity index (χ1v) is 7.12. The van der Waals surface area contributed by atoms with E-state index in [1.54, 1.807) is 6.92 Å². The first kappa shape index (κ1) is 14.3. The molecule has 1 N–H and O–H groups in total. The minimum atomic E-state index is -0.445. The van der Waals surface area contributed by atoms with Crippen molar-refractivity contribution >= 4 is 5.82 Å². The highest BCUT2D eigenvalue weighted by Gasteiger charge is 2.20. The van der Waals surface area contributed by atoms with E-state index < -0.39 is 6.10 Å². The van der Waals surface area contributed by atoms with Gasteiger partial charge in [0.05, 0.1) is 6.10 Å². The number of rotatable bonds is 3. The van der Waals surface area contributed by atoms with Crippen LogP contribution in [0.4, 0.5) is 5.82 Å². The zero-order valence-corrected chi connectivity index (χ0v) is 12.4. The third-order valence-corrected chi connectivity index (χ3v) is 3.96. The second-order valence-corrected chi connectivity index (χ2v) is 5.69. The molecular formula is C15H25N3O. The first-order chi connectivity index (χ1) is 8.99. The summed E-state index contributed by atoms with van der Waals surface area (Å²) < 4.78 is 0. The fourth-order valence-electron chi connectivity index (χ4n) is 2.63. The standard InChI is InChI=1S/C15H25N3O/c1-11(2)17-5-7-18(8-6-17)15-9-12(3)14(10-16-15)13(4)19/h9-11,13,19H,5-8H2,1-4H3. The summed E-state index contributed by atoms with van der Waals surface area (Å²) in [5, 5.41) is 9.64. The topological polar surface area (TPSA) is 39.6 Å². The summed E-state index contributed by atoms with van der Waals surface area (Å²) in [7, 11) is 0. The Hall–Kier alpha value is -1.13. The van der Waals surface area contributed by atoms with Crippen LogP contribution in [0.1, 0.15) is 38.0 Å². The van der Waals surface area contributed by atoms with Gasteiger partial charge in [0.25, 0.3) is 0 Å². The molecule has 1 fully saturated rings. The highest BCUT2D eigenvalue weighted by molar-refractivity contribution is 5.44. The van der Waals surface area contributed by atoms with Crippen LogP contribution in [0.3, 0.4) is 0 Å². The minimum Gasteiger partial charge on any atom is -0.389 e. The Morgan fingerprint density at radius 3 is 2.26 bits per heavy atom. The smallest absolute Gasteiger partial charge is 0.128 e. The number of hydrogen-bond acceptors (Lipinski definition) is 4. The van der Waals surface area contributed by atoms with Crippen LogP contribution in [0, 0.1) is 6.92 Å². The fraction of sp³-hybridized carbons (Fsp3) is 0.667. The molecule has 0 bridgehead atoms. The molecule has 2 heterocycles. The fourth-order valence-corrected chi connectivity index (χ4v) is 2.63. The molecule has 4 heteroatoms. The molecule has 1 aliphatic heterocycles. The number of aromatic nitrogens is 1. The molecule has 1 aromatic heterocycles. The van der Waals surface area contributed by atoms with Gasteiger partial charge in [-0.1, -0.05) is 0 Å². The van der Waals surface area contributed by atoms with E-state index in [9.17, 15) is 5.11 Å². The van der Waals surface area contributed by atoms with Crippen LogP contribution in [0.5, 0.6) is 0 Å². The molecule has 2 rings (SSSR count). The number of aliphatic hydroxyl groups is 1. The van der Waals surface area contributed by atoms with Crippen LogP contribution in [-0.2, 0) is 0 Å². The molecule has 1 atom stereocenters. The molecular weight excluding hydrogens is 238 g/mol. The molecule has 1 aliphatic rings. The van der Waals surface area contributed by atoms with Gasteiger partial charge in [-0.3, -0.25) is 4.90 Å². The summed E-state index contributed by atoms with van der Waals surface area (Å²) >= 11 is 0. The van der Waals surface area contributed by atoms with Crippen molar-refractivity contribution in [2.45, 2.75) is 39.8 Å². The largest absolute Gasteiger partial charge is 0.389 e. The number of aryl methyl sites for hydroxylation is 1. The van der Waals surface area contributed by atoms with Crippen molar-refractivity contribution in [3.63, 3.8) is 0 Å². The molecule has 1 saturated heterocycles. The number of anilines is 1. The maximum atomic E-state index is 9.64. The maximum Gasteiger partial charge on any atom is 0.128 e. The molecule has 0 aromatic carbocycles. The van der Waals surface area contributed by atoms with E-state index >= 15 is 0 Å². The van der Waals surface area contributed by atoms with Crippen molar-refractivity contribution in [3.8, 4) is 0 Å². The lowest BCUT2D eigenvalue weighted by molar-refractivity contribution is 0.198. The van der Waals surface area contributed by atoms with E-state index in [4.69, 9.17) is 0 Å². The second-order valence-electron chi connectivity index (χ2n) is 5.69. The van der Waals surface area contributed by atoms with Crippen LogP contribution < -0.4 is 4.90 Å². The summed E-state index contributed by atoms with van der Waals surface area (Å²) in [5.74, 6) is 1.03. The van der Waals surface area contributed by atoms with Crippen molar-refractivity contribution in [1.29, 1.82) is 0 Å². The van der Waals surface area contributed by atoms with Crippen molar-refractivity contribution in [2.75, 3.05) is 31.1 Å². The third kappa shape index (κ3) is 3.25. The molecule has 0 spiro atoms. The van der Waals surface area contributed by atoms with Gasteiger partial charge in [-0.05, 0) is 39.3 Å². The minimum absolute atomic E-state index is 0.445. The predicted molar refractivity (Wildman–Crippen MR) is 78.5 cm³/mol. The number of nitrogens with zero attached hydrogens (tertiary/aromatic N) is 3. The number of hydrogen-bond donors (Lipinski definition) is 1. The molecule has 4 nitrogen and oxygen atoms in total. The molecule has 0 aliphatic carbocycles. The summed E-state index contributed by atoms with van der Waals surface area (Å²) in [5.41, 5.74) is 2.04. The van der Waals surface area contributed by atoms with Gasteiger partial charge in [-0.15, -0.1) is 0 Å². The summed E-state index contributed by atoms with van der Waals surface area (Å²) in [4.78, 5) is 9.33. The van der Waals surface area contributed by atoms with Gasteiger partial charge in [-0.25, -0.2) is 4.98 Å². The maximum absolute atomic E-state index is 9.64. The lowest BCUT2D eigenvalue weighted by Crippen LogP contribution is -2.49. The van der Waals surface area contributed by atoms with Gasteiger partial charge >= 0.3 is 0 Å². The van der Waals surface area contributed by atoms with Crippen molar-refractivity contribution in [2.24, 2.45) is 0 Å². The Morgan fingerprint density at radius 1 is 1.16 bits per heavy atom. The van der Waals surface area contributed by atoms with Crippen LogP contribution >= 0.6 is 0 Å². The first-order valence-electron chi connectivity index (χ1n) is 7.12. The highest BCUT2D eigenvalue weighted by Crippen LogP contribution is 2.21. The Kier molecular flexibility index (Phi) is 4.42. The SMILES string of the molecule is Cc1cc(N2CCN(C(C)C)CC2)ncc1C(C)O. The zero-order valence-electron chi connectivity index (χ0n) is 12.4. The van der Waals surface area contributed by atoms with Crippen molar-refractivity contribution in [1.82, 2.24) is 9.88 Å². The van der Waals surface area contributed by atoms with Gasteiger partial charge in [0, 0.05) is 44.0 Å². The van der Waals surface area contributed by atoms with Crippen LogP contribution in [0.2, 0.25) is 0 Å². The zero-order chi connectivity index (χ0) is 14.0. The van der Waals surface area contributed by atoms with E-state index in [0.29, 0.717) is 6.04 Å². The van der Waals surface area contributed by atoms with Gasteiger partial charge in [0.15, 0.2) is 0 Å². The molecule has 19 heavy (non-hydrogen) atoms. The lowest BCUT2D eigenvalue weighted by atomic mass is 10.1. The van der Waals surface area contributed by atoms with E-state index in [-0.39, 0.29) is 0 Å². The monoisotopic (exact) mass is 263 g/mol. The Morgan fingerprint density at radius 2 is 1.79 bits per heavy atom. The highest BCUT2D eigenvalue weighted by atomic mass is 16.3. The molecule has 106 valence electrons. The van der Waals surface area contributed by atoms with Crippen molar-refractivity contribution in [3.05, 3.63) is 23.4 Å². The van der Waals surface area contributed by atoms with Crippen molar-refractivity contribution < 1.29 is 5.11 Å². The van der Waals surface area contributed by atoms with Gasteiger partial charge in [-0.2, -0.15) is 0 Å². The second kappa shape index (κ2) is 5.88. The molecule has 0 saturated carbocycles. The quantitative estimate of drug-likeness (QED) is 0.905. The van der Waals surface area contributed by atoms with E-state index in [0.717, 1.165) is 43.1 Å². The van der Waals surface area contributed by atoms with E-state index in [1.165, 1.54) is 0 Å². The van der Waals surface area contributed by atoms with E-state index in [1.807, 2.05) is 13.1 Å². The Labute approximate surface area is 116 Å². The van der Waals surface area contributed by atoms with Crippen LogP contribution in [-0.4, -0.2) is 47.2 Å². The lowest BCUT2D eigenvalue weighted by Gasteiger charge is -2.37. The summed E-state index contributed by atoms with van der Waals surface area (Å²) in [6, 6.07) is 2.71. The van der Waals surface area contributed by atoms with Crippen LogP contribution in [0.15, 0.2) is 12.3 Å². The average Bonchev–Trinajstić information content (AvgIpc) is 2.38. The summed E-state index contributed by atoms with van der Waals surface area (Å²) in [6.45, 7) is 12.6. The number of pyridine rings is 1. The van der Waals surface area contributed by atoms with Gasteiger partial charge < -0.3 is 10.0 Å².